The number of anilines is 1. The number of rotatable bonds is 3. The molecule has 1 aromatic rings. The van der Waals surface area contributed by atoms with Crippen LogP contribution in [0.1, 0.15) is 12.8 Å². The van der Waals surface area contributed by atoms with Crippen LogP contribution in [0.5, 0.6) is 0 Å². The van der Waals surface area contributed by atoms with E-state index in [0.717, 1.165) is 18.7 Å². The maximum absolute atomic E-state index is 5.72. The summed E-state index contributed by atoms with van der Waals surface area (Å²) >= 11 is 5.72. The molecule has 0 unspecified atom stereocenters. The second-order valence-electron chi connectivity index (χ2n) is 3.47. The van der Waals surface area contributed by atoms with Crippen molar-refractivity contribution in [3.8, 4) is 0 Å². The predicted octanol–water partition coefficient (Wildman–Crippen LogP) is 1.64. The van der Waals surface area contributed by atoms with Crippen molar-refractivity contribution in [1.82, 2.24) is 4.98 Å². The van der Waals surface area contributed by atoms with E-state index < -0.39 is 0 Å². The van der Waals surface area contributed by atoms with Gasteiger partial charge in [0.25, 0.3) is 0 Å². The summed E-state index contributed by atoms with van der Waals surface area (Å²) in [6.07, 6.45) is 3.90. The Kier molecular flexibility index (Phi) is 2.14. The summed E-state index contributed by atoms with van der Waals surface area (Å²) in [5.41, 5.74) is 5.74. The van der Waals surface area contributed by atoms with Gasteiger partial charge in [-0.15, -0.1) is 0 Å². The summed E-state index contributed by atoms with van der Waals surface area (Å²) in [6.45, 7) is 0.664. The predicted molar refractivity (Wildman–Crippen MR) is 53.9 cm³/mol. The van der Waals surface area contributed by atoms with Gasteiger partial charge >= 0.3 is 0 Å². The molecule has 0 saturated heterocycles. The maximum atomic E-state index is 5.72. The zero-order valence-corrected chi connectivity index (χ0v) is 8.01. The van der Waals surface area contributed by atoms with Crippen molar-refractivity contribution in [2.75, 3.05) is 11.9 Å². The summed E-state index contributed by atoms with van der Waals surface area (Å²) in [7, 11) is 0. The zero-order chi connectivity index (χ0) is 9.31. The lowest BCUT2D eigenvalue weighted by Gasteiger charge is -2.15. The topological polar surface area (TPSA) is 50.9 Å². The third kappa shape index (κ3) is 1.92. The Bertz CT molecular complexity index is 292. The molecule has 1 saturated carbocycles. The Morgan fingerprint density at radius 2 is 2.31 bits per heavy atom. The molecular formula is C9H12ClN3. The molecule has 0 spiro atoms. The molecule has 1 aromatic heterocycles. The first kappa shape index (κ1) is 8.78. The van der Waals surface area contributed by atoms with E-state index in [4.69, 9.17) is 17.3 Å². The van der Waals surface area contributed by atoms with Gasteiger partial charge in [0.05, 0.1) is 10.6 Å². The van der Waals surface area contributed by atoms with Crippen LogP contribution >= 0.6 is 11.6 Å². The number of pyridine rings is 1. The molecule has 0 bridgehead atoms. The van der Waals surface area contributed by atoms with E-state index >= 15 is 0 Å². The minimum absolute atomic E-state index is 0.112. The van der Waals surface area contributed by atoms with Crippen LogP contribution in [0.15, 0.2) is 18.3 Å². The molecule has 0 aromatic carbocycles. The molecule has 0 atom stereocenters. The number of nitrogens with one attached hydrogen (secondary N) is 1. The number of halogens is 1. The monoisotopic (exact) mass is 197 g/mol. The molecule has 1 aliphatic carbocycles. The smallest absolute Gasteiger partial charge is 0.126 e. The number of nitrogens with zero attached hydrogens (tertiary/aromatic N) is 1. The maximum Gasteiger partial charge on any atom is 0.126 e. The van der Waals surface area contributed by atoms with E-state index in [-0.39, 0.29) is 5.54 Å². The number of aromatic nitrogens is 1. The molecule has 4 heteroatoms. The van der Waals surface area contributed by atoms with Crippen LogP contribution < -0.4 is 11.1 Å². The van der Waals surface area contributed by atoms with Crippen LogP contribution in [0.25, 0.3) is 0 Å². The Morgan fingerprint density at radius 1 is 1.54 bits per heavy atom. The standard InChI is InChI=1S/C9H12ClN3/c10-7-1-2-8(12-5-7)13-9(6-11)3-4-9/h1-2,5H,3-4,6,11H2,(H,12,13). The first-order valence-electron chi connectivity index (χ1n) is 4.34. The first-order chi connectivity index (χ1) is 6.24. The molecular weight excluding hydrogens is 186 g/mol. The third-order valence-electron chi connectivity index (χ3n) is 2.36. The normalized spacial score (nSPS) is 18.3. The molecule has 3 nitrogen and oxygen atoms in total. The molecule has 1 heterocycles. The van der Waals surface area contributed by atoms with Crippen molar-refractivity contribution < 1.29 is 0 Å². The van der Waals surface area contributed by atoms with E-state index in [1.807, 2.05) is 12.1 Å². The van der Waals surface area contributed by atoms with E-state index in [9.17, 15) is 0 Å². The average molecular weight is 198 g/mol. The summed E-state index contributed by atoms with van der Waals surface area (Å²) in [5.74, 6) is 0.854. The van der Waals surface area contributed by atoms with Gasteiger partial charge in [0.1, 0.15) is 5.82 Å². The van der Waals surface area contributed by atoms with Gasteiger partial charge in [-0.2, -0.15) is 0 Å². The zero-order valence-electron chi connectivity index (χ0n) is 7.26. The highest BCUT2D eigenvalue weighted by Gasteiger charge is 2.41. The molecule has 70 valence electrons. The summed E-state index contributed by atoms with van der Waals surface area (Å²) in [5, 5.41) is 3.97. The van der Waals surface area contributed by atoms with E-state index in [1.165, 1.54) is 0 Å². The van der Waals surface area contributed by atoms with Crippen molar-refractivity contribution in [1.29, 1.82) is 0 Å². The van der Waals surface area contributed by atoms with E-state index in [0.29, 0.717) is 11.6 Å². The fraction of sp³-hybridized carbons (Fsp3) is 0.444. The highest BCUT2D eigenvalue weighted by Crippen LogP contribution is 2.37. The molecule has 0 aliphatic heterocycles. The lowest BCUT2D eigenvalue weighted by Crippen LogP contribution is -2.31. The molecule has 3 N–H and O–H groups in total. The number of nitrogens with two attached hydrogens (primary N) is 1. The van der Waals surface area contributed by atoms with Gasteiger partial charge in [-0.25, -0.2) is 4.98 Å². The van der Waals surface area contributed by atoms with Crippen molar-refractivity contribution in [2.24, 2.45) is 5.73 Å². The van der Waals surface area contributed by atoms with Crippen molar-refractivity contribution in [3.63, 3.8) is 0 Å². The van der Waals surface area contributed by atoms with Crippen LogP contribution in [-0.4, -0.2) is 17.1 Å². The molecule has 13 heavy (non-hydrogen) atoms. The average Bonchev–Trinajstić information content (AvgIpc) is 2.90. The molecule has 1 fully saturated rings. The fourth-order valence-electron chi connectivity index (χ4n) is 1.25. The number of hydrogen-bond acceptors (Lipinski definition) is 3. The highest BCUT2D eigenvalue weighted by molar-refractivity contribution is 6.30. The Morgan fingerprint density at radius 3 is 2.77 bits per heavy atom. The third-order valence-corrected chi connectivity index (χ3v) is 2.59. The second kappa shape index (κ2) is 3.16. The lowest BCUT2D eigenvalue weighted by atomic mass is 10.3. The van der Waals surface area contributed by atoms with E-state index in [2.05, 4.69) is 10.3 Å². The Hall–Kier alpha value is -0.800. The quantitative estimate of drug-likeness (QED) is 0.775. The minimum atomic E-state index is 0.112. The van der Waals surface area contributed by atoms with Gasteiger partial charge in [-0.05, 0) is 25.0 Å². The molecule has 2 rings (SSSR count). The SMILES string of the molecule is NCC1(Nc2ccc(Cl)cn2)CC1. The lowest BCUT2D eigenvalue weighted by molar-refractivity contribution is 0.737. The summed E-state index contributed by atoms with van der Waals surface area (Å²) in [6, 6.07) is 3.70. The van der Waals surface area contributed by atoms with Gasteiger partial charge < -0.3 is 11.1 Å². The highest BCUT2D eigenvalue weighted by atomic mass is 35.5. The van der Waals surface area contributed by atoms with Gasteiger partial charge in [-0.3, -0.25) is 0 Å². The van der Waals surface area contributed by atoms with Gasteiger partial charge in [-0.1, -0.05) is 11.6 Å². The second-order valence-corrected chi connectivity index (χ2v) is 3.91. The van der Waals surface area contributed by atoms with Gasteiger partial charge in [0.2, 0.25) is 0 Å². The summed E-state index contributed by atoms with van der Waals surface area (Å²) in [4.78, 5) is 4.15. The minimum Gasteiger partial charge on any atom is -0.363 e. The first-order valence-corrected chi connectivity index (χ1v) is 4.72. The van der Waals surface area contributed by atoms with Crippen LogP contribution in [0.3, 0.4) is 0 Å². The van der Waals surface area contributed by atoms with Crippen LogP contribution in [-0.2, 0) is 0 Å². The van der Waals surface area contributed by atoms with Gasteiger partial charge in [0, 0.05) is 12.7 Å². The van der Waals surface area contributed by atoms with Crippen LogP contribution in [0.4, 0.5) is 5.82 Å². The Balaban J connectivity index is 2.06. The largest absolute Gasteiger partial charge is 0.363 e. The summed E-state index contributed by atoms with van der Waals surface area (Å²) < 4.78 is 0. The van der Waals surface area contributed by atoms with Crippen molar-refractivity contribution in [2.45, 2.75) is 18.4 Å². The molecule has 1 aliphatic rings. The number of hydrogen-bond donors (Lipinski definition) is 2. The Labute approximate surface area is 82.3 Å². The fourth-order valence-corrected chi connectivity index (χ4v) is 1.36. The van der Waals surface area contributed by atoms with Crippen LogP contribution in [0, 0.1) is 0 Å². The van der Waals surface area contributed by atoms with Crippen molar-refractivity contribution in [3.05, 3.63) is 23.4 Å². The van der Waals surface area contributed by atoms with Crippen molar-refractivity contribution >= 4 is 17.4 Å². The van der Waals surface area contributed by atoms with Gasteiger partial charge in [0.15, 0.2) is 0 Å². The molecule has 0 amide bonds. The van der Waals surface area contributed by atoms with Crippen LogP contribution in [0.2, 0.25) is 5.02 Å². The van der Waals surface area contributed by atoms with E-state index in [1.54, 1.807) is 6.20 Å². The molecule has 0 radical (unpaired) electrons.